The molecule has 0 bridgehead atoms. The highest BCUT2D eigenvalue weighted by molar-refractivity contribution is 6.22. The Morgan fingerprint density at radius 2 is 1.04 bits per heavy atom. The maximum absolute atomic E-state index is 6.42. The summed E-state index contributed by atoms with van der Waals surface area (Å²) in [5.74, 6) is 0. The zero-order valence-electron chi connectivity index (χ0n) is 28.8. The third-order valence-corrected chi connectivity index (χ3v) is 10.7. The number of aromatic nitrogens is 1. The van der Waals surface area contributed by atoms with Gasteiger partial charge in [0, 0.05) is 44.2 Å². The molecule has 248 valence electrons. The molecule has 0 saturated carbocycles. The minimum Gasteiger partial charge on any atom is -0.456 e. The zero-order valence-corrected chi connectivity index (χ0v) is 28.8. The lowest BCUT2D eigenvalue weighted by Crippen LogP contribution is -2.10. The Hall–Kier alpha value is -7.10. The fourth-order valence-electron chi connectivity index (χ4n) is 8.32. The van der Waals surface area contributed by atoms with Crippen molar-refractivity contribution in [2.45, 2.75) is 0 Å². The predicted octanol–water partition coefficient (Wildman–Crippen LogP) is 14.1. The highest BCUT2D eigenvalue weighted by Gasteiger charge is 2.21. The predicted molar refractivity (Wildman–Crippen MR) is 223 cm³/mol. The number of para-hydroxylation sites is 2. The van der Waals surface area contributed by atoms with Crippen LogP contribution in [0.1, 0.15) is 0 Å². The maximum Gasteiger partial charge on any atom is 0.136 e. The van der Waals surface area contributed by atoms with Gasteiger partial charge in [0.05, 0.1) is 16.7 Å². The molecule has 0 aliphatic carbocycles. The summed E-state index contributed by atoms with van der Waals surface area (Å²) in [6.45, 7) is 0. The average molecular weight is 677 g/mol. The van der Waals surface area contributed by atoms with Crippen LogP contribution in [-0.2, 0) is 0 Å². The molecule has 3 heteroatoms. The molecule has 9 aromatic carbocycles. The number of benzene rings is 9. The number of hydrogen-bond donors (Lipinski definition) is 0. The first-order valence-corrected chi connectivity index (χ1v) is 18.1. The third kappa shape index (κ3) is 4.68. The molecule has 2 heterocycles. The molecular formula is C50H32N2O. The molecule has 2 aromatic heterocycles. The van der Waals surface area contributed by atoms with Gasteiger partial charge < -0.3 is 13.9 Å². The van der Waals surface area contributed by atoms with Crippen LogP contribution in [0.15, 0.2) is 199 Å². The Morgan fingerprint density at radius 3 is 1.89 bits per heavy atom. The normalized spacial score (nSPS) is 11.8. The number of rotatable bonds is 5. The Labute approximate surface area is 306 Å². The molecule has 0 saturated heterocycles. The fraction of sp³-hybridized carbons (Fsp3) is 0. The van der Waals surface area contributed by atoms with E-state index in [9.17, 15) is 0 Å². The van der Waals surface area contributed by atoms with Crippen molar-refractivity contribution in [3.05, 3.63) is 194 Å². The van der Waals surface area contributed by atoms with Gasteiger partial charge in [0.1, 0.15) is 11.2 Å². The van der Waals surface area contributed by atoms with Gasteiger partial charge in [-0.2, -0.15) is 0 Å². The van der Waals surface area contributed by atoms with Crippen molar-refractivity contribution in [2.75, 3.05) is 4.90 Å². The molecule has 0 amide bonds. The van der Waals surface area contributed by atoms with E-state index in [0.717, 1.165) is 50.2 Å². The van der Waals surface area contributed by atoms with E-state index in [0.29, 0.717) is 0 Å². The Balaban J connectivity index is 1.19. The second kappa shape index (κ2) is 11.7. The number of fused-ring (bicyclic) bond motifs is 9. The fourth-order valence-corrected chi connectivity index (χ4v) is 8.32. The molecule has 0 unspecified atom stereocenters. The van der Waals surface area contributed by atoms with Crippen LogP contribution in [0.2, 0.25) is 0 Å². The number of nitrogens with zero attached hydrogens (tertiary/aromatic N) is 2. The van der Waals surface area contributed by atoms with Crippen LogP contribution < -0.4 is 4.90 Å². The van der Waals surface area contributed by atoms with Gasteiger partial charge >= 0.3 is 0 Å². The van der Waals surface area contributed by atoms with Crippen molar-refractivity contribution in [1.29, 1.82) is 0 Å². The van der Waals surface area contributed by atoms with Gasteiger partial charge in [0.25, 0.3) is 0 Å². The third-order valence-electron chi connectivity index (χ3n) is 10.7. The molecule has 0 fully saturated rings. The highest BCUT2D eigenvalue weighted by Crippen LogP contribution is 2.44. The monoisotopic (exact) mass is 676 g/mol. The van der Waals surface area contributed by atoms with Gasteiger partial charge in [-0.25, -0.2) is 0 Å². The Morgan fingerprint density at radius 1 is 0.377 bits per heavy atom. The van der Waals surface area contributed by atoms with Crippen LogP contribution in [0.4, 0.5) is 17.1 Å². The molecule has 0 atom stereocenters. The summed E-state index contributed by atoms with van der Waals surface area (Å²) < 4.78 is 8.89. The van der Waals surface area contributed by atoms with E-state index < -0.39 is 0 Å². The van der Waals surface area contributed by atoms with Crippen LogP contribution >= 0.6 is 0 Å². The Kier molecular flexibility index (Phi) is 6.55. The first-order chi connectivity index (χ1) is 26.3. The van der Waals surface area contributed by atoms with E-state index in [4.69, 9.17) is 4.42 Å². The molecular weight excluding hydrogens is 645 g/mol. The molecule has 11 rings (SSSR count). The summed E-state index contributed by atoms with van der Waals surface area (Å²) in [6, 6.07) is 69.8. The Bertz CT molecular complexity index is 3170. The summed E-state index contributed by atoms with van der Waals surface area (Å²) >= 11 is 0. The van der Waals surface area contributed by atoms with E-state index >= 15 is 0 Å². The minimum absolute atomic E-state index is 0.882. The van der Waals surface area contributed by atoms with Crippen molar-refractivity contribution in [3.63, 3.8) is 0 Å². The van der Waals surface area contributed by atoms with Crippen LogP contribution in [0.25, 0.3) is 82.1 Å². The van der Waals surface area contributed by atoms with E-state index in [1.54, 1.807) is 0 Å². The largest absolute Gasteiger partial charge is 0.456 e. The molecule has 0 radical (unpaired) electrons. The van der Waals surface area contributed by atoms with E-state index in [1.165, 1.54) is 49.0 Å². The first kappa shape index (κ1) is 29.6. The quantitative estimate of drug-likeness (QED) is 0.181. The highest BCUT2D eigenvalue weighted by atomic mass is 16.3. The summed E-state index contributed by atoms with van der Waals surface area (Å²) in [5, 5.41) is 9.57. The average Bonchev–Trinajstić information content (AvgIpc) is 3.75. The van der Waals surface area contributed by atoms with Crippen molar-refractivity contribution < 1.29 is 4.42 Å². The van der Waals surface area contributed by atoms with Gasteiger partial charge in [-0.1, -0.05) is 127 Å². The smallest absolute Gasteiger partial charge is 0.136 e. The molecule has 0 N–H and O–H groups in total. The lowest BCUT2D eigenvalue weighted by atomic mass is 10.0. The van der Waals surface area contributed by atoms with Crippen LogP contribution in [-0.4, -0.2) is 4.57 Å². The lowest BCUT2D eigenvalue weighted by molar-refractivity contribution is 0.669. The van der Waals surface area contributed by atoms with Gasteiger partial charge in [0.15, 0.2) is 0 Å². The number of hydrogen-bond acceptors (Lipinski definition) is 2. The van der Waals surface area contributed by atoms with E-state index in [-0.39, 0.29) is 0 Å². The lowest BCUT2D eigenvalue weighted by Gasteiger charge is -2.26. The van der Waals surface area contributed by atoms with Crippen molar-refractivity contribution >= 4 is 82.4 Å². The van der Waals surface area contributed by atoms with Crippen molar-refractivity contribution in [3.8, 4) is 16.8 Å². The van der Waals surface area contributed by atoms with Crippen molar-refractivity contribution in [1.82, 2.24) is 4.57 Å². The topological polar surface area (TPSA) is 21.3 Å². The SMILES string of the molecule is c1ccc(-c2ccccc2-n2c3cc(N(c4ccccc4)c4ccc5oc6cc7ccccc7cc6c5c4)ccc3c3c4ccccc4ccc32)cc1. The number of anilines is 3. The van der Waals surface area contributed by atoms with Gasteiger partial charge in [-0.05, 0) is 93.8 Å². The van der Waals surface area contributed by atoms with Gasteiger partial charge in [-0.15, -0.1) is 0 Å². The number of furan rings is 1. The van der Waals surface area contributed by atoms with Crippen molar-refractivity contribution in [2.24, 2.45) is 0 Å². The second-order valence-corrected chi connectivity index (χ2v) is 13.7. The second-order valence-electron chi connectivity index (χ2n) is 13.7. The van der Waals surface area contributed by atoms with Crippen LogP contribution in [0, 0.1) is 0 Å². The molecule has 3 nitrogen and oxygen atoms in total. The summed E-state index contributed by atoms with van der Waals surface area (Å²) in [6.07, 6.45) is 0. The van der Waals surface area contributed by atoms with Gasteiger partial charge in [0.2, 0.25) is 0 Å². The zero-order chi connectivity index (χ0) is 34.9. The first-order valence-electron chi connectivity index (χ1n) is 18.1. The standard InChI is InChI=1S/C50H32N2O/c1-3-13-33(14-4-1)40-20-11-12-22-45(40)52-46-27-23-34-15-9-10-21-41(34)50(46)42-26-24-39(32-47(42)52)51(37-18-5-2-6-19-37)38-25-28-48-44(31-38)43-29-35-16-7-8-17-36(35)30-49(43)53-48/h1-32H. The minimum atomic E-state index is 0.882. The van der Waals surface area contributed by atoms with Crippen LogP contribution in [0.5, 0.6) is 0 Å². The van der Waals surface area contributed by atoms with E-state index in [1.807, 2.05) is 0 Å². The van der Waals surface area contributed by atoms with Crippen LogP contribution in [0.3, 0.4) is 0 Å². The molecule has 53 heavy (non-hydrogen) atoms. The molecule has 11 aromatic rings. The van der Waals surface area contributed by atoms with Gasteiger partial charge in [-0.3, -0.25) is 0 Å². The molecule has 0 aliphatic heterocycles. The summed E-state index contributed by atoms with van der Waals surface area (Å²) in [5.41, 5.74) is 10.9. The van der Waals surface area contributed by atoms with E-state index in [2.05, 4.69) is 204 Å². The summed E-state index contributed by atoms with van der Waals surface area (Å²) in [4.78, 5) is 2.36. The summed E-state index contributed by atoms with van der Waals surface area (Å²) in [7, 11) is 0. The molecule has 0 aliphatic rings. The molecule has 0 spiro atoms. The maximum atomic E-state index is 6.42.